The molecule has 0 aromatic carbocycles. The van der Waals surface area contributed by atoms with E-state index in [1.807, 2.05) is 6.92 Å². The van der Waals surface area contributed by atoms with E-state index in [2.05, 4.69) is 15.3 Å². The molecule has 1 saturated carbocycles. The Morgan fingerprint density at radius 1 is 1.37 bits per heavy atom. The van der Waals surface area contributed by atoms with Crippen molar-refractivity contribution in [2.75, 3.05) is 25.1 Å². The number of nitrogens with zero attached hydrogens (tertiary/aromatic N) is 2. The number of anilines is 1. The largest absolute Gasteiger partial charge is 0.370 e. The molecule has 0 unspecified atom stereocenters. The van der Waals surface area contributed by atoms with Gasteiger partial charge in [-0.2, -0.15) is 0 Å². The zero-order valence-corrected chi connectivity index (χ0v) is 11.7. The van der Waals surface area contributed by atoms with Gasteiger partial charge in [0.05, 0.1) is 13.2 Å². The minimum absolute atomic E-state index is 0.469. The van der Waals surface area contributed by atoms with Crippen molar-refractivity contribution in [3.8, 4) is 0 Å². The van der Waals surface area contributed by atoms with Crippen LogP contribution in [0.2, 0.25) is 5.15 Å². The van der Waals surface area contributed by atoms with Gasteiger partial charge < -0.3 is 14.8 Å². The highest BCUT2D eigenvalue weighted by Crippen LogP contribution is 2.38. The van der Waals surface area contributed by atoms with Crippen molar-refractivity contribution in [2.24, 2.45) is 0 Å². The minimum Gasteiger partial charge on any atom is -0.370 e. The fraction of sp³-hybridized carbons (Fsp3) is 0.692. The van der Waals surface area contributed by atoms with Crippen LogP contribution in [0.3, 0.4) is 0 Å². The predicted molar refractivity (Wildman–Crippen MR) is 72.4 cm³/mol. The third kappa shape index (κ3) is 3.35. The van der Waals surface area contributed by atoms with Gasteiger partial charge >= 0.3 is 0 Å². The topological polar surface area (TPSA) is 56.3 Å². The van der Waals surface area contributed by atoms with E-state index in [-0.39, 0.29) is 0 Å². The van der Waals surface area contributed by atoms with Crippen molar-refractivity contribution in [1.82, 2.24) is 9.97 Å². The average molecular weight is 284 g/mol. The molecule has 1 aromatic rings. The smallest absolute Gasteiger partial charge is 0.167 e. The lowest BCUT2D eigenvalue weighted by atomic mass is 10.2. The Morgan fingerprint density at radius 2 is 2.11 bits per heavy atom. The summed E-state index contributed by atoms with van der Waals surface area (Å²) >= 11 is 6.01. The van der Waals surface area contributed by atoms with E-state index in [1.165, 1.54) is 12.8 Å². The molecule has 0 radical (unpaired) electrons. The third-order valence-electron chi connectivity index (χ3n) is 3.44. The van der Waals surface area contributed by atoms with Crippen LogP contribution in [0.5, 0.6) is 0 Å². The van der Waals surface area contributed by atoms with Crippen molar-refractivity contribution in [3.05, 3.63) is 17.0 Å². The summed E-state index contributed by atoms with van der Waals surface area (Å²) in [5.41, 5.74) is 0. The van der Waals surface area contributed by atoms with Crippen molar-refractivity contribution < 1.29 is 9.47 Å². The summed E-state index contributed by atoms with van der Waals surface area (Å²) in [6, 6.07) is 1.76. The van der Waals surface area contributed by atoms with Crippen molar-refractivity contribution in [2.45, 2.75) is 37.9 Å². The van der Waals surface area contributed by atoms with Crippen LogP contribution in [-0.4, -0.2) is 35.5 Å². The number of halogens is 1. The van der Waals surface area contributed by atoms with Crippen molar-refractivity contribution in [1.29, 1.82) is 0 Å². The van der Waals surface area contributed by atoms with Crippen LogP contribution in [-0.2, 0) is 9.47 Å². The Bertz CT molecular complexity index is 459. The number of hydrogen-bond acceptors (Lipinski definition) is 5. The molecule has 1 aliphatic heterocycles. The molecule has 0 amide bonds. The molecule has 0 bridgehead atoms. The Labute approximate surface area is 117 Å². The molecule has 1 aromatic heterocycles. The molecule has 6 heteroatoms. The van der Waals surface area contributed by atoms with Gasteiger partial charge in [0.1, 0.15) is 16.8 Å². The van der Waals surface area contributed by atoms with E-state index < -0.39 is 5.79 Å². The van der Waals surface area contributed by atoms with Crippen molar-refractivity contribution >= 4 is 17.4 Å². The number of rotatable bonds is 5. The van der Waals surface area contributed by atoms with Crippen molar-refractivity contribution in [3.63, 3.8) is 0 Å². The molecular formula is C13H18ClN3O2. The average Bonchev–Trinajstić information content (AvgIpc) is 3.12. The fourth-order valence-electron chi connectivity index (χ4n) is 2.17. The number of hydrogen-bond donors (Lipinski definition) is 1. The maximum absolute atomic E-state index is 6.01. The summed E-state index contributed by atoms with van der Waals surface area (Å²) in [5, 5.41) is 3.76. The normalized spacial score (nSPS) is 21.6. The highest BCUT2D eigenvalue weighted by atomic mass is 35.5. The lowest BCUT2D eigenvalue weighted by Crippen LogP contribution is -2.28. The molecule has 5 nitrogen and oxygen atoms in total. The first-order chi connectivity index (χ1) is 9.15. The molecule has 3 rings (SSSR count). The predicted octanol–water partition coefficient (Wildman–Crippen LogP) is 2.57. The van der Waals surface area contributed by atoms with Gasteiger partial charge in [0.2, 0.25) is 0 Å². The molecule has 2 fully saturated rings. The summed E-state index contributed by atoms with van der Waals surface area (Å²) in [6.45, 7) is 4.03. The van der Waals surface area contributed by atoms with E-state index in [1.54, 1.807) is 6.07 Å². The van der Waals surface area contributed by atoms with Gasteiger partial charge in [0.25, 0.3) is 0 Å². The number of aromatic nitrogens is 2. The van der Waals surface area contributed by atoms with Gasteiger partial charge in [-0.1, -0.05) is 11.6 Å². The standard InChI is InChI=1S/C13H18ClN3O2/c1-13(18-6-7-19-13)4-5-15-11-8-10(14)16-12(17-11)9-2-3-9/h8-9H,2-7H2,1H3,(H,15,16,17). The van der Waals surface area contributed by atoms with Crippen LogP contribution in [0.25, 0.3) is 0 Å². The van der Waals surface area contributed by atoms with E-state index in [4.69, 9.17) is 21.1 Å². The summed E-state index contributed by atoms with van der Waals surface area (Å²) in [6.07, 6.45) is 3.10. The maximum atomic E-state index is 6.01. The quantitative estimate of drug-likeness (QED) is 0.842. The SMILES string of the molecule is CC1(CCNc2cc(Cl)nc(C3CC3)n2)OCCO1. The number of ether oxygens (including phenoxy) is 2. The highest BCUT2D eigenvalue weighted by molar-refractivity contribution is 6.29. The minimum atomic E-state index is -0.469. The van der Waals surface area contributed by atoms with Gasteiger partial charge in [-0.25, -0.2) is 9.97 Å². The van der Waals surface area contributed by atoms with E-state index >= 15 is 0 Å². The molecule has 19 heavy (non-hydrogen) atoms. The van der Waals surface area contributed by atoms with Gasteiger partial charge in [0, 0.05) is 24.9 Å². The Morgan fingerprint density at radius 3 is 2.79 bits per heavy atom. The van der Waals surface area contributed by atoms with Crippen LogP contribution < -0.4 is 5.32 Å². The van der Waals surface area contributed by atoms with Crippen LogP contribution in [0.1, 0.15) is 37.9 Å². The van der Waals surface area contributed by atoms with Crippen LogP contribution in [0.4, 0.5) is 5.82 Å². The summed E-state index contributed by atoms with van der Waals surface area (Å²) in [5.74, 6) is 1.67. The second-order valence-corrected chi connectivity index (χ2v) is 5.60. The summed E-state index contributed by atoms with van der Waals surface area (Å²) in [4.78, 5) is 8.75. The first kappa shape index (κ1) is 13.1. The molecule has 0 atom stereocenters. The molecule has 1 aliphatic carbocycles. The Balaban J connectivity index is 1.57. The molecule has 2 heterocycles. The van der Waals surface area contributed by atoms with Crippen LogP contribution >= 0.6 is 11.6 Å². The second-order valence-electron chi connectivity index (χ2n) is 5.22. The van der Waals surface area contributed by atoms with E-state index in [0.717, 1.165) is 24.6 Å². The number of nitrogens with one attached hydrogen (secondary N) is 1. The lowest BCUT2D eigenvalue weighted by Gasteiger charge is -2.22. The van der Waals surface area contributed by atoms with Gasteiger partial charge in [0.15, 0.2) is 5.79 Å². The first-order valence-electron chi connectivity index (χ1n) is 6.71. The van der Waals surface area contributed by atoms with Crippen LogP contribution in [0, 0.1) is 0 Å². The lowest BCUT2D eigenvalue weighted by molar-refractivity contribution is -0.144. The molecule has 2 aliphatic rings. The highest BCUT2D eigenvalue weighted by Gasteiger charge is 2.30. The molecule has 104 valence electrons. The van der Waals surface area contributed by atoms with Gasteiger partial charge in [-0.05, 0) is 19.8 Å². The van der Waals surface area contributed by atoms with Crippen LogP contribution in [0.15, 0.2) is 6.07 Å². The Hall–Kier alpha value is -0.910. The molecule has 1 N–H and O–H groups in total. The summed E-state index contributed by atoms with van der Waals surface area (Å²) in [7, 11) is 0. The monoisotopic (exact) mass is 283 g/mol. The maximum Gasteiger partial charge on any atom is 0.167 e. The molecule has 1 saturated heterocycles. The van der Waals surface area contributed by atoms with Gasteiger partial charge in [-0.15, -0.1) is 0 Å². The van der Waals surface area contributed by atoms with E-state index in [0.29, 0.717) is 24.3 Å². The summed E-state index contributed by atoms with van der Waals surface area (Å²) < 4.78 is 11.1. The first-order valence-corrected chi connectivity index (χ1v) is 7.09. The fourth-order valence-corrected chi connectivity index (χ4v) is 2.36. The zero-order valence-electron chi connectivity index (χ0n) is 11.0. The zero-order chi connectivity index (χ0) is 13.3. The third-order valence-corrected chi connectivity index (χ3v) is 3.63. The van der Waals surface area contributed by atoms with Gasteiger partial charge in [-0.3, -0.25) is 0 Å². The molecular weight excluding hydrogens is 266 g/mol. The molecule has 0 spiro atoms. The van der Waals surface area contributed by atoms with E-state index in [9.17, 15) is 0 Å². The Kier molecular flexibility index (Phi) is 3.60. The second kappa shape index (κ2) is 5.23.